The van der Waals surface area contributed by atoms with E-state index in [1.165, 1.54) is 17.2 Å². The highest BCUT2D eigenvalue weighted by Crippen LogP contribution is 2.32. The summed E-state index contributed by atoms with van der Waals surface area (Å²) in [6.45, 7) is 10.3. The van der Waals surface area contributed by atoms with Crippen molar-refractivity contribution < 1.29 is 33.4 Å². The number of nitrogens with one attached hydrogen (secondary N) is 1. The number of cyclic esters (lactones) is 1. The highest BCUT2D eigenvalue weighted by Gasteiger charge is 2.44. The van der Waals surface area contributed by atoms with E-state index in [-0.39, 0.29) is 60.4 Å². The first kappa shape index (κ1) is 32.0. The standard InChI is InChI=1S/C31H43N3O7/c1-6-8-22-12-14-34-28(22)31(39)41-29(19(2)3)21(5)10-11-26(37)32-13-7-9-20(4)15-23(35)16-24(36)17-27-33-25(18-40-27)30(34)38/h7,9-11,15,18-19,21-23,28-29,35H,6,8,12-14,16-17H2,1-5H3,(H,32,37)/b9-7+,11-10+,20-15+/t21-,22?,23?,28?,29-/m1/s1. The van der Waals surface area contributed by atoms with Crippen LogP contribution in [0.4, 0.5) is 0 Å². The Balaban J connectivity index is 1.92. The molecule has 224 valence electrons. The normalized spacial score (nSPS) is 30.3. The van der Waals surface area contributed by atoms with Gasteiger partial charge in [0.25, 0.3) is 5.91 Å². The van der Waals surface area contributed by atoms with Crippen molar-refractivity contribution in [1.82, 2.24) is 15.2 Å². The second-order valence-electron chi connectivity index (χ2n) is 11.3. The number of allylic oxidation sites excluding steroid dienone is 2. The summed E-state index contributed by atoms with van der Waals surface area (Å²) in [4.78, 5) is 57.8. The first-order valence-corrected chi connectivity index (χ1v) is 14.5. The molecule has 10 nitrogen and oxygen atoms in total. The topological polar surface area (TPSA) is 139 Å². The lowest BCUT2D eigenvalue weighted by atomic mass is 9.92. The van der Waals surface area contributed by atoms with Crippen molar-refractivity contribution in [2.75, 3.05) is 13.1 Å². The second kappa shape index (κ2) is 14.9. The SMILES string of the molecule is CCCC1CCN2C(=O)c3coc(n3)CC(=O)CC(O)/C=C(C)/C=C/CNC(=O)/C=C/[C@@H](C)[C@@H](C(C)C)OC(=O)C12. The van der Waals surface area contributed by atoms with Gasteiger partial charge in [-0.15, -0.1) is 0 Å². The Morgan fingerprint density at radius 2 is 1.95 bits per heavy atom. The molecular formula is C31H43N3O7. The van der Waals surface area contributed by atoms with Crippen LogP contribution < -0.4 is 5.32 Å². The average molecular weight is 570 g/mol. The van der Waals surface area contributed by atoms with Gasteiger partial charge in [-0.2, -0.15) is 0 Å². The van der Waals surface area contributed by atoms with Crippen molar-refractivity contribution in [3.63, 3.8) is 0 Å². The molecule has 0 aliphatic carbocycles. The predicted octanol–water partition coefficient (Wildman–Crippen LogP) is 3.56. The molecule has 0 spiro atoms. The van der Waals surface area contributed by atoms with Gasteiger partial charge in [-0.1, -0.05) is 64.0 Å². The monoisotopic (exact) mass is 569 g/mol. The molecule has 0 saturated carbocycles. The Labute approximate surface area is 241 Å². The molecule has 1 aromatic rings. The third-order valence-electron chi connectivity index (χ3n) is 7.45. The van der Waals surface area contributed by atoms with Crippen molar-refractivity contribution in [2.24, 2.45) is 17.8 Å². The molecule has 1 saturated heterocycles. The number of ether oxygens (including phenoxy) is 1. The van der Waals surface area contributed by atoms with Crippen molar-refractivity contribution in [3.8, 4) is 0 Å². The third-order valence-corrected chi connectivity index (χ3v) is 7.45. The Morgan fingerprint density at radius 1 is 1.20 bits per heavy atom. The molecule has 1 fully saturated rings. The molecule has 0 aromatic carbocycles. The summed E-state index contributed by atoms with van der Waals surface area (Å²) in [6, 6.07) is -0.775. The van der Waals surface area contributed by atoms with Crippen molar-refractivity contribution in [1.29, 1.82) is 0 Å². The Kier molecular flexibility index (Phi) is 11.6. The van der Waals surface area contributed by atoms with Gasteiger partial charge < -0.3 is 24.5 Å². The number of hydrogen-bond donors (Lipinski definition) is 2. The first-order valence-electron chi connectivity index (χ1n) is 14.5. The maximum Gasteiger partial charge on any atom is 0.329 e. The summed E-state index contributed by atoms with van der Waals surface area (Å²) >= 11 is 0. The minimum atomic E-state index is -1.01. The molecule has 1 aromatic heterocycles. The van der Waals surface area contributed by atoms with E-state index in [1.807, 2.05) is 27.7 Å². The number of aliphatic hydroxyl groups is 1. The number of nitrogens with zero attached hydrogens (tertiary/aromatic N) is 2. The lowest BCUT2D eigenvalue weighted by molar-refractivity contribution is -0.159. The lowest BCUT2D eigenvalue weighted by Crippen LogP contribution is -2.46. The average Bonchev–Trinajstić information content (AvgIpc) is 3.54. The largest absolute Gasteiger partial charge is 0.460 e. The maximum atomic E-state index is 13.7. The summed E-state index contributed by atoms with van der Waals surface area (Å²) < 4.78 is 11.5. The van der Waals surface area contributed by atoms with Crippen LogP contribution in [-0.2, 0) is 25.5 Å². The number of fused-ring (bicyclic) bond motifs is 3. The minimum absolute atomic E-state index is 0.0188. The number of aliphatic hydroxyl groups excluding tert-OH is 1. The number of hydrogen-bond acceptors (Lipinski definition) is 8. The summed E-state index contributed by atoms with van der Waals surface area (Å²) in [5.74, 6) is -1.79. The third kappa shape index (κ3) is 8.98. The number of carbonyl (C=O) groups is 4. The number of Topliss-reactive ketones (excluding diaryl/α,β-unsaturated/α-hetero) is 1. The molecule has 3 unspecified atom stereocenters. The molecule has 0 radical (unpaired) electrons. The first-order chi connectivity index (χ1) is 19.5. The van der Waals surface area contributed by atoms with E-state index in [4.69, 9.17) is 9.15 Å². The maximum absolute atomic E-state index is 13.7. The van der Waals surface area contributed by atoms with Crippen LogP contribution in [0.1, 0.15) is 76.7 Å². The summed E-state index contributed by atoms with van der Waals surface area (Å²) in [6.07, 6.45) is 9.84. The van der Waals surface area contributed by atoms with Gasteiger partial charge in [0, 0.05) is 25.4 Å². The smallest absolute Gasteiger partial charge is 0.329 e. The molecule has 2 N–H and O–H groups in total. The van der Waals surface area contributed by atoms with Crippen LogP contribution >= 0.6 is 0 Å². The van der Waals surface area contributed by atoms with Gasteiger partial charge in [0.1, 0.15) is 24.2 Å². The summed E-state index contributed by atoms with van der Waals surface area (Å²) in [5, 5.41) is 13.1. The van der Waals surface area contributed by atoms with Gasteiger partial charge in [-0.3, -0.25) is 14.4 Å². The van der Waals surface area contributed by atoms with Crippen LogP contribution in [0.25, 0.3) is 0 Å². The van der Waals surface area contributed by atoms with Gasteiger partial charge in [-0.25, -0.2) is 9.78 Å². The van der Waals surface area contributed by atoms with Gasteiger partial charge in [0.2, 0.25) is 11.8 Å². The number of rotatable bonds is 3. The van der Waals surface area contributed by atoms with Crippen LogP contribution in [-0.4, -0.2) is 69.9 Å². The fourth-order valence-electron chi connectivity index (χ4n) is 5.47. The predicted molar refractivity (Wildman–Crippen MR) is 153 cm³/mol. The van der Waals surface area contributed by atoms with Crippen molar-refractivity contribution >= 4 is 23.6 Å². The van der Waals surface area contributed by atoms with Gasteiger partial charge in [0.15, 0.2) is 5.69 Å². The second-order valence-corrected chi connectivity index (χ2v) is 11.3. The van der Waals surface area contributed by atoms with Gasteiger partial charge >= 0.3 is 5.97 Å². The minimum Gasteiger partial charge on any atom is -0.460 e. The van der Waals surface area contributed by atoms with Gasteiger partial charge in [-0.05, 0) is 37.7 Å². The van der Waals surface area contributed by atoms with Crippen molar-refractivity contribution in [3.05, 3.63) is 53.8 Å². The highest BCUT2D eigenvalue weighted by atomic mass is 16.5. The van der Waals surface area contributed by atoms with E-state index in [9.17, 15) is 24.3 Å². The number of esters is 1. The number of amides is 2. The lowest BCUT2D eigenvalue weighted by Gasteiger charge is -2.31. The van der Waals surface area contributed by atoms with E-state index in [2.05, 4.69) is 10.3 Å². The Bertz CT molecular complexity index is 1180. The Hall–Kier alpha value is -3.53. The molecule has 2 aliphatic heterocycles. The summed E-state index contributed by atoms with van der Waals surface area (Å²) in [5.41, 5.74) is 0.750. The van der Waals surface area contributed by atoms with E-state index < -0.39 is 30.1 Å². The Morgan fingerprint density at radius 3 is 2.66 bits per heavy atom. The van der Waals surface area contributed by atoms with Crippen LogP contribution in [0, 0.1) is 17.8 Å². The molecule has 3 heterocycles. The molecule has 10 heteroatoms. The van der Waals surface area contributed by atoms with Gasteiger partial charge in [0.05, 0.1) is 12.5 Å². The van der Waals surface area contributed by atoms with E-state index in [0.29, 0.717) is 13.0 Å². The zero-order valence-electron chi connectivity index (χ0n) is 24.7. The number of ketones is 1. The molecule has 41 heavy (non-hydrogen) atoms. The molecule has 3 rings (SSSR count). The van der Waals surface area contributed by atoms with E-state index >= 15 is 0 Å². The number of oxazole rings is 1. The fraction of sp³-hybridized carbons (Fsp3) is 0.581. The number of aromatic nitrogens is 1. The van der Waals surface area contributed by atoms with E-state index in [0.717, 1.165) is 18.4 Å². The van der Waals surface area contributed by atoms with Crippen LogP contribution in [0.3, 0.4) is 0 Å². The van der Waals surface area contributed by atoms with Crippen LogP contribution in [0.2, 0.25) is 0 Å². The molecular weight excluding hydrogens is 526 g/mol. The molecule has 2 aliphatic rings. The zero-order chi connectivity index (χ0) is 30.1. The molecule has 2 bridgehead atoms. The van der Waals surface area contributed by atoms with Crippen LogP contribution in [0.5, 0.6) is 0 Å². The quantitative estimate of drug-likeness (QED) is 0.527. The number of carbonyl (C=O) groups excluding carboxylic acids is 4. The van der Waals surface area contributed by atoms with E-state index in [1.54, 1.807) is 31.2 Å². The molecule has 5 atom stereocenters. The van der Waals surface area contributed by atoms with Crippen molar-refractivity contribution in [2.45, 2.75) is 85.0 Å². The van der Waals surface area contributed by atoms with Crippen LogP contribution in [0.15, 0.2) is 46.6 Å². The zero-order valence-corrected chi connectivity index (χ0v) is 24.7. The molecule has 2 amide bonds. The summed E-state index contributed by atoms with van der Waals surface area (Å²) in [7, 11) is 0. The fourth-order valence-corrected chi connectivity index (χ4v) is 5.47. The highest BCUT2D eigenvalue weighted by molar-refractivity contribution is 5.95.